The minimum Gasteiger partial charge on any atom is -0.293 e. The second kappa shape index (κ2) is 7.34. The Kier molecular flexibility index (Phi) is 4.45. The second-order valence-electron chi connectivity index (χ2n) is 9.35. The number of rotatable bonds is 4. The van der Waals surface area contributed by atoms with Crippen LogP contribution in [0, 0.1) is 17.3 Å². The normalized spacial score (nSPS) is 18.9. The monoisotopic (exact) mass is 462 g/mol. The smallest absolute Gasteiger partial charge is 0.177 e. The molecule has 35 heavy (non-hydrogen) atoms. The zero-order valence-electron chi connectivity index (χ0n) is 18.4. The van der Waals surface area contributed by atoms with Crippen LogP contribution < -0.4 is 0 Å². The predicted octanol–water partition coefficient (Wildman–Crippen LogP) is 4.22. The summed E-state index contributed by atoms with van der Waals surface area (Å²) in [5.74, 6) is -5.37. The maximum atomic E-state index is 13.8. The Hall–Kier alpha value is -4.32. The lowest BCUT2D eigenvalue weighted by molar-refractivity contribution is 0.0567. The van der Waals surface area contributed by atoms with Gasteiger partial charge in [0.25, 0.3) is 0 Å². The third kappa shape index (κ3) is 2.77. The van der Waals surface area contributed by atoms with Crippen LogP contribution in [0.3, 0.4) is 0 Å². The van der Waals surface area contributed by atoms with E-state index in [4.69, 9.17) is 0 Å². The van der Waals surface area contributed by atoms with E-state index in [2.05, 4.69) is 0 Å². The van der Waals surface area contributed by atoms with Gasteiger partial charge in [-0.1, -0.05) is 72.8 Å². The fourth-order valence-electron chi connectivity index (χ4n) is 5.83. The van der Waals surface area contributed by atoms with E-state index in [9.17, 15) is 28.8 Å². The average Bonchev–Trinajstić information content (AvgIpc) is 3.36. The van der Waals surface area contributed by atoms with Crippen LogP contribution in [0.5, 0.6) is 0 Å². The van der Waals surface area contributed by atoms with E-state index < -0.39 is 52.0 Å². The molecule has 0 radical (unpaired) electrons. The number of fused-ring (bicyclic) bond motifs is 3. The van der Waals surface area contributed by atoms with E-state index in [0.29, 0.717) is 0 Å². The molecular weight excluding hydrogens is 444 g/mol. The highest BCUT2D eigenvalue weighted by Crippen LogP contribution is 2.49. The van der Waals surface area contributed by atoms with Gasteiger partial charge in [-0.3, -0.25) is 28.8 Å². The highest BCUT2D eigenvalue weighted by molar-refractivity contribution is 6.33. The van der Waals surface area contributed by atoms with Crippen molar-refractivity contribution in [1.29, 1.82) is 0 Å². The fraction of sp³-hybridized carbons (Fsp3) is 0.172. The van der Waals surface area contributed by atoms with E-state index in [0.717, 1.165) is 0 Å². The second-order valence-corrected chi connectivity index (χ2v) is 9.35. The molecule has 6 nitrogen and oxygen atoms in total. The lowest BCUT2D eigenvalue weighted by Crippen LogP contribution is -2.41. The molecule has 0 spiro atoms. The van der Waals surface area contributed by atoms with Crippen molar-refractivity contribution >= 4 is 34.7 Å². The van der Waals surface area contributed by atoms with Crippen molar-refractivity contribution in [1.82, 2.24) is 0 Å². The first kappa shape index (κ1) is 21.2. The first-order valence-corrected chi connectivity index (χ1v) is 11.4. The molecule has 0 saturated heterocycles. The van der Waals surface area contributed by atoms with E-state index in [1.807, 2.05) is 0 Å². The Bertz CT molecular complexity index is 1340. The van der Waals surface area contributed by atoms with Crippen molar-refractivity contribution in [3.63, 3.8) is 0 Å². The zero-order valence-corrected chi connectivity index (χ0v) is 18.4. The molecule has 0 unspecified atom stereocenters. The van der Waals surface area contributed by atoms with Gasteiger partial charge in [-0.2, -0.15) is 0 Å². The van der Waals surface area contributed by atoms with Crippen molar-refractivity contribution < 1.29 is 28.8 Å². The van der Waals surface area contributed by atoms with E-state index in [-0.39, 0.29) is 46.2 Å². The summed E-state index contributed by atoms with van der Waals surface area (Å²) in [7, 11) is 0. The first-order chi connectivity index (χ1) is 16.8. The Morgan fingerprint density at radius 1 is 0.429 bits per heavy atom. The molecule has 170 valence electrons. The molecule has 0 heterocycles. The number of carbonyl (C=O) groups excluding carboxylic acids is 6. The molecule has 6 rings (SSSR count). The molecule has 6 heteroatoms. The molecule has 0 bridgehead atoms. The zero-order chi connectivity index (χ0) is 24.5. The van der Waals surface area contributed by atoms with Crippen LogP contribution in [0.4, 0.5) is 0 Å². The summed E-state index contributed by atoms with van der Waals surface area (Å²) in [4.78, 5) is 80.4. The molecule has 3 aromatic rings. The number of benzene rings is 3. The van der Waals surface area contributed by atoms with Gasteiger partial charge < -0.3 is 0 Å². The Morgan fingerprint density at radius 3 is 0.971 bits per heavy atom. The van der Waals surface area contributed by atoms with Crippen molar-refractivity contribution in [2.45, 2.75) is 12.8 Å². The van der Waals surface area contributed by atoms with Gasteiger partial charge in [0.05, 0.1) is 17.3 Å². The number of Topliss-reactive ketones (excluding diaryl/α,β-unsaturated/α-hetero) is 6. The lowest BCUT2D eigenvalue weighted by atomic mass is 9.68. The number of ketones is 6. The maximum Gasteiger partial charge on any atom is 0.177 e. The summed E-state index contributed by atoms with van der Waals surface area (Å²) in [5.41, 5.74) is -0.463. The SMILES string of the molecule is O=C1c2ccccc2C(=O)C1CC1(CC2C(=O)c3ccccc3C2=O)C(=O)c2ccccc2C1=O. The van der Waals surface area contributed by atoms with Gasteiger partial charge in [-0.25, -0.2) is 0 Å². The molecule has 3 aliphatic carbocycles. The van der Waals surface area contributed by atoms with Crippen LogP contribution in [0.1, 0.15) is 75.0 Å². The van der Waals surface area contributed by atoms with Crippen molar-refractivity contribution in [3.8, 4) is 0 Å². The standard InChI is InChI=1S/C29H18O6/c30-23-15-7-1-2-8-16(15)24(31)21(23)13-29(27(34)19-11-5-6-12-20(19)28(29)35)14-22-25(32)17-9-3-4-10-18(17)26(22)33/h1-12,21-22H,13-14H2. The largest absolute Gasteiger partial charge is 0.293 e. The molecule has 0 fully saturated rings. The van der Waals surface area contributed by atoms with Crippen molar-refractivity contribution in [3.05, 3.63) is 106 Å². The lowest BCUT2D eigenvalue weighted by Gasteiger charge is -2.29. The fourth-order valence-corrected chi connectivity index (χ4v) is 5.83. The van der Waals surface area contributed by atoms with Crippen LogP contribution >= 0.6 is 0 Å². The van der Waals surface area contributed by atoms with Gasteiger partial charge in [0.2, 0.25) is 0 Å². The molecule has 3 aliphatic rings. The molecule has 0 amide bonds. The topological polar surface area (TPSA) is 102 Å². The Labute approximate surface area is 200 Å². The van der Waals surface area contributed by atoms with Crippen LogP contribution in [0.25, 0.3) is 0 Å². The van der Waals surface area contributed by atoms with Gasteiger partial charge >= 0.3 is 0 Å². The number of hydrogen-bond acceptors (Lipinski definition) is 6. The summed E-state index contributed by atoms with van der Waals surface area (Å²) in [5, 5.41) is 0. The van der Waals surface area contributed by atoms with Gasteiger partial charge in [-0.05, 0) is 12.8 Å². The van der Waals surface area contributed by atoms with Crippen LogP contribution in [-0.4, -0.2) is 34.7 Å². The average molecular weight is 462 g/mol. The Morgan fingerprint density at radius 2 is 0.686 bits per heavy atom. The van der Waals surface area contributed by atoms with Crippen LogP contribution in [0.2, 0.25) is 0 Å². The summed E-state index contributed by atoms with van der Waals surface area (Å²) in [6, 6.07) is 19.1. The number of hydrogen-bond donors (Lipinski definition) is 0. The van der Waals surface area contributed by atoms with E-state index in [1.54, 1.807) is 60.7 Å². The number of carbonyl (C=O) groups is 6. The van der Waals surface area contributed by atoms with Gasteiger partial charge in [0.1, 0.15) is 0 Å². The summed E-state index contributed by atoms with van der Waals surface area (Å²) in [6.07, 6.45) is -0.752. The summed E-state index contributed by atoms with van der Waals surface area (Å²) < 4.78 is 0. The minimum absolute atomic E-state index is 0.184. The minimum atomic E-state index is -1.86. The third-order valence-electron chi connectivity index (χ3n) is 7.57. The molecular formula is C29H18O6. The highest BCUT2D eigenvalue weighted by atomic mass is 16.2. The quantitative estimate of drug-likeness (QED) is 0.538. The highest BCUT2D eigenvalue weighted by Gasteiger charge is 2.59. The van der Waals surface area contributed by atoms with Gasteiger partial charge in [-0.15, -0.1) is 0 Å². The molecule has 3 aromatic carbocycles. The van der Waals surface area contributed by atoms with Crippen LogP contribution in [-0.2, 0) is 0 Å². The predicted molar refractivity (Wildman–Crippen MR) is 124 cm³/mol. The van der Waals surface area contributed by atoms with E-state index >= 15 is 0 Å². The maximum absolute atomic E-state index is 13.8. The molecule has 0 aromatic heterocycles. The molecule has 0 saturated carbocycles. The van der Waals surface area contributed by atoms with E-state index in [1.165, 1.54) is 12.1 Å². The van der Waals surface area contributed by atoms with Crippen molar-refractivity contribution in [2.24, 2.45) is 17.3 Å². The third-order valence-corrected chi connectivity index (χ3v) is 7.57. The molecule has 0 aliphatic heterocycles. The van der Waals surface area contributed by atoms with Gasteiger partial charge in [0.15, 0.2) is 34.7 Å². The molecule has 0 atom stereocenters. The first-order valence-electron chi connectivity index (χ1n) is 11.4. The van der Waals surface area contributed by atoms with Gasteiger partial charge in [0, 0.05) is 33.4 Å². The van der Waals surface area contributed by atoms with Crippen molar-refractivity contribution in [2.75, 3.05) is 0 Å². The summed E-state index contributed by atoms with van der Waals surface area (Å²) >= 11 is 0. The van der Waals surface area contributed by atoms with Crippen LogP contribution in [0.15, 0.2) is 72.8 Å². The summed E-state index contributed by atoms with van der Waals surface area (Å²) in [6.45, 7) is 0. The molecule has 0 N–H and O–H groups in total. The Balaban J connectivity index is 1.45.